The molecule has 0 amide bonds. The maximum absolute atomic E-state index is 5.71. The van der Waals surface area contributed by atoms with E-state index in [1.165, 1.54) is 0 Å². The van der Waals surface area contributed by atoms with Gasteiger partial charge in [-0.2, -0.15) is 0 Å². The van der Waals surface area contributed by atoms with E-state index in [0.717, 1.165) is 22.7 Å². The Bertz CT molecular complexity index is 279. The van der Waals surface area contributed by atoms with Crippen LogP contribution in [0.3, 0.4) is 0 Å². The van der Waals surface area contributed by atoms with Crippen molar-refractivity contribution in [1.29, 1.82) is 0 Å². The number of aryl methyl sites for hydroxylation is 1. The van der Waals surface area contributed by atoms with Crippen LogP contribution in [0.2, 0.25) is 0 Å². The highest BCUT2D eigenvalue weighted by Gasteiger charge is 2.12. The number of hydrogen-bond acceptors (Lipinski definition) is 3. The van der Waals surface area contributed by atoms with Crippen molar-refractivity contribution in [3.63, 3.8) is 0 Å². The number of nitrogen functional groups attached to an aromatic ring is 1. The molecule has 0 saturated carbocycles. The Morgan fingerprint density at radius 3 is 2.42 bits per heavy atom. The molecule has 2 rings (SSSR count). The van der Waals surface area contributed by atoms with Crippen LogP contribution in [0.25, 0.3) is 0 Å². The highest BCUT2D eigenvalue weighted by molar-refractivity contribution is 5.57. The second-order valence-corrected chi connectivity index (χ2v) is 2.85. The lowest BCUT2D eigenvalue weighted by atomic mass is 10.2. The van der Waals surface area contributed by atoms with E-state index in [1.54, 1.807) is 0 Å². The van der Waals surface area contributed by atoms with E-state index < -0.39 is 0 Å². The summed E-state index contributed by atoms with van der Waals surface area (Å²) in [6, 6.07) is 3.72. The first-order chi connectivity index (χ1) is 5.77. The molecule has 1 aliphatic rings. The number of hydrogen-bond donors (Lipinski definition) is 1. The van der Waals surface area contributed by atoms with E-state index in [9.17, 15) is 0 Å². The Labute approximate surface area is 71.1 Å². The zero-order valence-corrected chi connectivity index (χ0v) is 6.96. The fraction of sp³-hybridized carbons (Fsp3) is 0.333. The molecule has 0 radical (unpaired) electrons. The SMILES string of the molecule is Cc1cc2c(cc1N)OCCO2. The van der Waals surface area contributed by atoms with Gasteiger partial charge in [-0.15, -0.1) is 0 Å². The maximum atomic E-state index is 5.71. The Morgan fingerprint density at radius 2 is 1.75 bits per heavy atom. The van der Waals surface area contributed by atoms with Gasteiger partial charge in [0.05, 0.1) is 0 Å². The number of benzene rings is 1. The molecule has 1 aromatic rings. The van der Waals surface area contributed by atoms with Gasteiger partial charge in [0.25, 0.3) is 0 Å². The fourth-order valence-corrected chi connectivity index (χ4v) is 1.21. The summed E-state index contributed by atoms with van der Waals surface area (Å²) in [5.74, 6) is 1.55. The monoisotopic (exact) mass is 165 g/mol. The molecular weight excluding hydrogens is 154 g/mol. The van der Waals surface area contributed by atoms with Crippen LogP contribution >= 0.6 is 0 Å². The minimum atomic E-state index is 0.607. The zero-order chi connectivity index (χ0) is 8.55. The Morgan fingerprint density at radius 1 is 1.17 bits per heavy atom. The lowest BCUT2D eigenvalue weighted by molar-refractivity contribution is 0.171. The lowest BCUT2D eigenvalue weighted by Crippen LogP contribution is -2.15. The van der Waals surface area contributed by atoms with Crippen LogP contribution in [0.5, 0.6) is 11.5 Å². The van der Waals surface area contributed by atoms with E-state index >= 15 is 0 Å². The van der Waals surface area contributed by atoms with Crippen molar-refractivity contribution >= 4 is 5.69 Å². The largest absolute Gasteiger partial charge is 0.486 e. The van der Waals surface area contributed by atoms with E-state index in [-0.39, 0.29) is 0 Å². The van der Waals surface area contributed by atoms with E-state index in [4.69, 9.17) is 15.2 Å². The quantitative estimate of drug-likeness (QED) is 0.590. The average molecular weight is 165 g/mol. The van der Waals surface area contributed by atoms with Gasteiger partial charge in [-0.05, 0) is 18.6 Å². The van der Waals surface area contributed by atoms with Gasteiger partial charge in [-0.3, -0.25) is 0 Å². The molecule has 3 heteroatoms. The van der Waals surface area contributed by atoms with Gasteiger partial charge < -0.3 is 15.2 Å². The van der Waals surface area contributed by atoms with Gasteiger partial charge in [0, 0.05) is 11.8 Å². The smallest absolute Gasteiger partial charge is 0.163 e. The van der Waals surface area contributed by atoms with Crippen molar-refractivity contribution in [1.82, 2.24) is 0 Å². The van der Waals surface area contributed by atoms with Crippen molar-refractivity contribution in [3.05, 3.63) is 17.7 Å². The molecule has 0 bridgehead atoms. The molecule has 2 N–H and O–H groups in total. The predicted octanol–water partition coefficient (Wildman–Crippen LogP) is 1.35. The zero-order valence-electron chi connectivity index (χ0n) is 6.96. The third-order valence-electron chi connectivity index (χ3n) is 1.93. The summed E-state index contributed by atoms with van der Waals surface area (Å²) in [6.07, 6.45) is 0. The van der Waals surface area contributed by atoms with Gasteiger partial charge >= 0.3 is 0 Å². The Hall–Kier alpha value is -1.38. The summed E-state index contributed by atoms with van der Waals surface area (Å²) in [5.41, 5.74) is 7.48. The van der Waals surface area contributed by atoms with Crippen LogP contribution < -0.4 is 15.2 Å². The second-order valence-electron chi connectivity index (χ2n) is 2.85. The molecule has 1 heterocycles. The van der Waals surface area contributed by atoms with Gasteiger partial charge in [0.15, 0.2) is 11.5 Å². The van der Waals surface area contributed by atoms with Crippen LogP contribution in [0, 0.1) is 6.92 Å². The van der Waals surface area contributed by atoms with Crippen molar-refractivity contribution in [3.8, 4) is 11.5 Å². The first-order valence-corrected chi connectivity index (χ1v) is 3.93. The van der Waals surface area contributed by atoms with E-state index in [2.05, 4.69) is 0 Å². The van der Waals surface area contributed by atoms with Crippen LogP contribution in [-0.2, 0) is 0 Å². The van der Waals surface area contributed by atoms with Crippen LogP contribution in [0.4, 0.5) is 5.69 Å². The number of nitrogens with two attached hydrogens (primary N) is 1. The molecule has 1 aromatic carbocycles. The fourth-order valence-electron chi connectivity index (χ4n) is 1.21. The van der Waals surface area contributed by atoms with Crippen LogP contribution in [-0.4, -0.2) is 13.2 Å². The Kier molecular flexibility index (Phi) is 1.57. The molecule has 0 spiro atoms. The van der Waals surface area contributed by atoms with Crippen molar-refractivity contribution < 1.29 is 9.47 Å². The molecule has 0 unspecified atom stereocenters. The standard InChI is InChI=1S/C9H11NO2/c1-6-4-8-9(5-7(6)10)12-3-2-11-8/h4-5H,2-3,10H2,1H3. The van der Waals surface area contributed by atoms with Crippen molar-refractivity contribution in [2.24, 2.45) is 0 Å². The molecule has 3 nitrogen and oxygen atoms in total. The number of ether oxygens (including phenoxy) is 2. The Balaban J connectivity index is 2.49. The molecule has 64 valence electrons. The van der Waals surface area contributed by atoms with Gasteiger partial charge in [-0.25, -0.2) is 0 Å². The van der Waals surface area contributed by atoms with Gasteiger partial charge in [-0.1, -0.05) is 0 Å². The summed E-state index contributed by atoms with van der Waals surface area (Å²) in [5, 5.41) is 0. The van der Waals surface area contributed by atoms with Crippen LogP contribution in [0.15, 0.2) is 12.1 Å². The van der Waals surface area contributed by atoms with Crippen LogP contribution in [0.1, 0.15) is 5.56 Å². The first-order valence-electron chi connectivity index (χ1n) is 3.93. The third-order valence-corrected chi connectivity index (χ3v) is 1.93. The van der Waals surface area contributed by atoms with Gasteiger partial charge in [0.2, 0.25) is 0 Å². The molecule has 12 heavy (non-hydrogen) atoms. The summed E-state index contributed by atoms with van der Waals surface area (Å²) >= 11 is 0. The third kappa shape index (κ3) is 1.07. The van der Waals surface area contributed by atoms with Crippen molar-refractivity contribution in [2.75, 3.05) is 18.9 Å². The number of rotatable bonds is 0. The number of fused-ring (bicyclic) bond motifs is 1. The molecule has 1 aliphatic heterocycles. The number of anilines is 1. The highest BCUT2D eigenvalue weighted by Crippen LogP contribution is 2.33. The first kappa shape index (κ1) is 7.28. The topological polar surface area (TPSA) is 44.5 Å². The van der Waals surface area contributed by atoms with Crippen molar-refractivity contribution in [2.45, 2.75) is 6.92 Å². The summed E-state index contributed by atoms with van der Waals surface area (Å²) in [6.45, 7) is 3.18. The molecule has 0 aromatic heterocycles. The maximum Gasteiger partial charge on any atom is 0.163 e. The lowest BCUT2D eigenvalue weighted by Gasteiger charge is -2.19. The van der Waals surface area contributed by atoms with Gasteiger partial charge in [0.1, 0.15) is 13.2 Å². The minimum absolute atomic E-state index is 0.607. The highest BCUT2D eigenvalue weighted by atomic mass is 16.6. The molecule has 0 saturated heterocycles. The average Bonchev–Trinajstić information content (AvgIpc) is 2.07. The summed E-state index contributed by atoms with van der Waals surface area (Å²) < 4.78 is 10.7. The predicted molar refractivity (Wildman–Crippen MR) is 46.6 cm³/mol. The molecule has 0 atom stereocenters. The molecular formula is C9H11NO2. The molecule has 0 fully saturated rings. The normalized spacial score (nSPS) is 14.4. The molecule has 0 aliphatic carbocycles. The second kappa shape index (κ2) is 2.59. The summed E-state index contributed by atoms with van der Waals surface area (Å²) in [7, 11) is 0. The van der Waals surface area contributed by atoms with E-state index in [1.807, 2.05) is 19.1 Å². The minimum Gasteiger partial charge on any atom is -0.486 e. The summed E-state index contributed by atoms with van der Waals surface area (Å²) in [4.78, 5) is 0. The van der Waals surface area contributed by atoms with E-state index in [0.29, 0.717) is 13.2 Å².